The summed E-state index contributed by atoms with van der Waals surface area (Å²) >= 11 is 0. The van der Waals surface area contributed by atoms with Crippen LogP contribution in [-0.2, 0) is 24.2 Å². The van der Waals surface area contributed by atoms with Crippen LogP contribution >= 0.6 is 0 Å². The van der Waals surface area contributed by atoms with Crippen molar-refractivity contribution in [1.82, 2.24) is 0 Å². The molecule has 112 valence electrons. The molecular weight excluding hydrogens is 272 g/mol. The second-order valence-corrected chi connectivity index (χ2v) is 7.57. The Balaban J connectivity index is 3.99. The molecule has 0 fully saturated rings. The summed E-state index contributed by atoms with van der Waals surface area (Å²) in [5, 5.41) is 8.42. The van der Waals surface area contributed by atoms with E-state index in [-0.39, 0.29) is 12.2 Å². The van der Waals surface area contributed by atoms with E-state index in [4.69, 9.17) is 9.84 Å². The first-order valence-corrected chi connectivity index (χ1v) is 7.98. The monoisotopic (exact) mass is 294 g/mol. The lowest BCUT2D eigenvalue weighted by atomic mass is 10.2. The Morgan fingerprint density at radius 1 is 1.11 bits per heavy atom. The van der Waals surface area contributed by atoms with Gasteiger partial charge in [0.15, 0.2) is 9.84 Å². The zero-order valence-corrected chi connectivity index (χ0v) is 12.5. The van der Waals surface area contributed by atoms with Crippen LogP contribution in [0.5, 0.6) is 0 Å². The molecular formula is C12H22O6S. The molecule has 0 bridgehead atoms. The summed E-state index contributed by atoms with van der Waals surface area (Å²) in [5.74, 6) is -2.38. The summed E-state index contributed by atoms with van der Waals surface area (Å²) in [6.45, 7) is 5.01. The number of aliphatic carboxylic acids is 1. The largest absolute Gasteiger partial charge is 0.481 e. The number of sulfone groups is 1. The first-order chi connectivity index (χ1) is 8.52. The number of unbranched alkanes of at least 4 members (excludes halogenated alkanes) is 2. The van der Waals surface area contributed by atoms with Crippen molar-refractivity contribution >= 4 is 21.8 Å². The molecule has 0 saturated carbocycles. The second kappa shape index (κ2) is 7.47. The maximum Gasteiger partial charge on any atom is 0.321 e. The van der Waals surface area contributed by atoms with E-state index in [1.807, 2.05) is 0 Å². The Morgan fingerprint density at radius 2 is 1.68 bits per heavy atom. The van der Waals surface area contributed by atoms with E-state index in [1.54, 1.807) is 20.8 Å². The molecule has 0 aromatic heterocycles. The van der Waals surface area contributed by atoms with Gasteiger partial charge in [-0.1, -0.05) is 6.42 Å². The Morgan fingerprint density at radius 3 is 2.16 bits per heavy atom. The van der Waals surface area contributed by atoms with Gasteiger partial charge in [-0.05, 0) is 33.6 Å². The molecule has 0 atom stereocenters. The van der Waals surface area contributed by atoms with Crippen molar-refractivity contribution in [2.24, 2.45) is 0 Å². The molecule has 0 amide bonds. The van der Waals surface area contributed by atoms with Gasteiger partial charge in [0.2, 0.25) is 0 Å². The fourth-order valence-corrected chi connectivity index (χ4v) is 2.60. The van der Waals surface area contributed by atoms with Crippen molar-refractivity contribution in [2.45, 2.75) is 52.1 Å². The van der Waals surface area contributed by atoms with Crippen LogP contribution in [0.1, 0.15) is 46.5 Å². The summed E-state index contributed by atoms with van der Waals surface area (Å²) in [5.41, 5.74) is -0.700. The molecule has 0 aromatic rings. The normalized spacial score (nSPS) is 12.2. The standard InChI is InChI=1S/C12H22O6S/c1-12(2,3)18-11(15)9-19(16,17)8-6-4-5-7-10(13)14/h4-9H2,1-3H3,(H,13,14). The highest BCUT2D eigenvalue weighted by atomic mass is 32.2. The van der Waals surface area contributed by atoms with Crippen LogP contribution in [-0.4, -0.2) is 42.6 Å². The van der Waals surface area contributed by atoms with Crippen molar-refractivity contribution in [1.29, 1.82) is 0 Å². The summed E-state index contributed by atoms with van der Waals surface area (Å²) in [6, 6.07) is 0. The molecule has 0 saturated heterocycles. The minimum absolute atomic E-state index is 0.0338. The van der Waals surface area contributed by atoms with Crippen molar-refractivity contribution < 1.29 is 27.9 Å². The van der Waals surface area contributed by atoms with Crippen LogP contribution in [0.15, 0.2) is 0 Å². The van der Waals surface area contributed by atoms with E-state index in [1.165, 1.54) is 0 Å². The van der Waals surface area contributed by atoms with E-state index in [0.29, 0.717) is 19.3 Å². The highest BCUT2D eigenvalue weighted by molar-refractivity contribution is 7.92. The van der Waals surface area contributed by atoms with Gasteiger partial charge in [0.05, 0.1) is 5.75 Å². The highest BCUT2D eigenvalue weighted by Crippen LogP contribution is 2.09. The number of carbonyl (C=O) groups excluding carboxylic acids is 1. The maximum atomic E-state index is 11.6. The number of carboxylic acid groups (broad SMARTS) is 1. The molecule has 0 spiro atoms. The number of hydrogen-bond acceptors (Lipinski definition) is 5. The van der Waals surface area contributed by atoms with Crippen LogP contribution in [0.4, 0.5) is 0 Å². The molecule has 0 aliphatic heterocycles. The zero-order chi connectivity index (χ0) is 15.1. The third-order valence-electron chi connectivity index (χ3n) is 2.10. The third kappa shape index (κ3) is 11.7. The Bertz CT molecular complexity index is 404. The van der Waals surface area contributed by atoms with Gasteiger partial charge in [0, 0.05) is 6.42 Å². The highest BCUT2D eigenvalue weighted by Gasteiger charge is 2.22. The van der Waals surface area contributed by atoms with Gasteiger partial charge in [-0.25, -0.2) is 8.42 Å². The molecule has 0 rings (SSSR count). The lowest BCUT2D eigenvalue weighted by molar-refractivity contribution is -0.151. The topological polar surface area (TPSA) is 97.7 Å². The van der Waals surface area contributed by atoms with Crippen LogP contribution in [0.25, 0.3) is 0 Å². The third-order valence-corrected chi connectivity index (χ3v) is 3.69. The molecule has 0 unspecified atom stereocenters. The van der Waals surface area contributed by atoms with Crippen LogP contribution < -0.4 is 0 Å². The minimum atomic E-state index is -3.48. The molecule has 0 radical (unpaired) electrons. The van der Waals surface area contributed by atoms with Gasteiger partial charge in [-0.3, -0.25) is 9.59 Å². The van der Waals surface area contributed by atoms with Gasteiger partial charge in [-0.15, -0.1) is 0 Å². The molecule has 0 aliphatic carbocycles. The minimum Gasteiger partial charge on any atom is -0.481 e. The second-order valence-electron chi connectivity index (χ2n) is 5.38. The van der Waals surface area contributed by atoms with Crippen molar-refractivity contribution in [2.75, 3.05) is 11.5 Å². The molecule has 1 N–H and O–H groups in total. The van der Waals surface area contributed by atoms with Crippen LogP contribution in [0.3, 0.4) is 0 Å². The Labute approximate surface area is 114 Å². The van der Waals surface area contributed by atoms with Gasteiger partial charge < -0.3 is 9.84 Å². The average molecular weight is 294 g/mol. The number of rotatable bonds is 8. The molecule has 0 heterocycles. The zero-order valence-electron chi connectivity index (χ0n) is 11.6. The number of carboxylic acids is 1. The summed E-state index contributed by atoms with van der Waals surface area (Å²) in [7, 11) is -3.48. The van der Waals surface area contributed by atoms with Gasteiger partial charge in [0.1, 0.15) is 11.4 Å². The van der Waals surface area contributed by atoms with Crippen molar-refractivity contribution in [3.05, 3.63) is 0 Å². The summed E-state index contributed by atoms with van der Waals surface area (Å²) in [4.78, 5) is 21.6. The molecule has 6 nitrogen and oxygen atoms in total. The smallest absolute Gasteiger partial charge is 0.321 e. The van der Waals surface area contributed by atoms with E-state index in [9.17, 15) is 18.0 Å². The SMILES string of the molecule is CC(C)(C)OC(=O)CS(=O)(=O)CCCCCC(=O)O. The van der Waals surface area contributed by atoms with Crippen molar-refractivity contribution in [3.63, 3.8) is 0 Å². The van der Waals surface area contributed by atoms with Crippen molar-refractivity contribution in [3.8, 4) is 0 Å². The predicted molar refractivity (Wildman–Crippen MR) is 70.6 cm³/mol. The molecule has 19 heavy (non-hydrogen) atoms. The van der Waals surface area contributed by atoms with Gasteiger partial charge >= 0.3 is 11.9 Å². The first kappa shape index (κ1) is 17.9. The maximum absolute atomic E-state index is 11.6. The Kier molecular flexibility index (Phi) is 7.04. The lowest BCUT2D eigenvalue weighted by Crippen LogP contribution is -2.29. The number of carbonyl (C=O) groups is 2. The van der Waals surface area contributed by atoms with E-state index < -0.39 is 33.1 Å². The molecule has 0 aliphatic rings. The number of esters is 1. The average Bonchev–Trinajstić information content (AvgIpc) is 2.11. The first-order valence-electron chi connectivity index (χ1n) is 6.16. The fourth-order valence-electron chi connectivity index (χ4n) is 1.40. The fraction of sp³-hybridized carbons (Fsp3) is 0.833. The van der Waals surface area contributed by atoms with Gasteiger partial charge in [-0.2, -0.15) is 0 Å². The van der Waals surface area contributed by atoms with E-state index >= 15 is 0 Å². The molecule has 7 heteroatoms. The van der Waals surface area contributed by atoms with E-state index in [2.05, 4.69) is 0 Å². The quantitative estimate of drug-likeness (QED) is 0.536. The molecule has 0 aromatic carbocycles. The van der Waals surface area contributed by atoms with Crippen LogP contribution in [0, 0.1) is 0 Å². The summed E-state index contributed by atoms with van der Waals surface area (Å²) in [6.07, 6.45) is 1.35. The van der Waals surface area contributed by atoms with Gasteiger partial charge in [0.25, 0.3) is 0 Å². The number of ether oxygens (including phenoxy) is 1. The lowest BCUT2D eigenvalue weighted by Gasteiger charge is -2.19. The van der Waals surface area contributed by atoms with Crippen LogP contribution in [0.2, 0.25) is 0 Å². The number of hydrogen-bond donors (Lipinski definition) is 1. The Hall–Kier alpha value is -1.11. The summed E-state index contributed by atoms with van der Waals surface area (Å²) < 4.78 is 28.2. The van der Waals surface area contributed by atoms with E-state index in [0.717, 1.165) is 0 Å². The predicted octanol–water partition coefficient (Wildman–Crippen LogP) is 1.39.